The van der Waals surface area contributed by atoms with Gasteiger partial charge < -0.3 is 20.7 Å². The molecule has 1 aliphatic heterocycles. The van der Waals surface area contributed by atoms with Gasteiger partial charge >= 0.3 is 0 Å². The van der Waals surface area contributed by atoms with Gasteiger partial charge in [-0.25, -0.2) is 0 Å². The van der Waals surface area contributed by atoms with Crippen LogP contribution in [0.15, 0.2) is 30.3 Å². The molecule has 1 aromatic carbocycles. The molecule has 27 heavy (non-hydrogen) atoms. The monoisotopic (exact) mass is 397 g/mol. The number of ether oxygens (including phenoxy) is 1. The van der Waals surface area contributed by atoms with Crippen molar-refractivity contribution in [2.75, 3.05) is 33.4 Å². The molecule has 2 amide bonds. The Kier molecular flexibility index (Phi) is 9.77. The molecule has 1 aromatic rings. The summed E-state index contributed by atoms with van der Waals surface area (Å²) in [7, 11) is 1.70. The summed E-state index contributed by atoms with van der Waals surface area (Å²) in [5.41, 5.74) is 0.515. The molecule has 152 valence electrons. The standard InChI is InChI=1S/C20H31N3O3.ClH/c1-15(2)17(23-18(24)16-7-5-4-6-8-16)19(25)22-13-20(14-26-3)9-11-21-12-10-20;/h4-8,15,17,21H,9-14H2,1-3H3,(H,22,25)(H,23,24);1H. The van der Waals surface area contributed by atoms with Crippen LogP contribution in [0.5, 0.6) is 0 Å². The van der Waals surface area contributed by atoms with E-state index in [-0.39, 0.29) is 35.6 Å². The molecule has 7 heteroatoms. The highest BCUT2D eigenvalue weighted by Crippen LogP contribution is 2.28. The molecule has 0 spiro atoms. The molecule has 1 saturated heterocycles. The summed E-state index contributed by atoms with van der Waals surface area (Å²) < 4.78 is 5.40. The van der Waals surface area contributed by atoms with E-state index in [1.54, 1.807) is 19.2 Å². The minimum Gasteiger partial charge on any atom is -0.384 e. The fourth-order valence-corrected chi connectivity index (χ4v) is 3.37. The molecule has 1 fully saturated rings. The zero-order valence-corrected chi connectivity index (χ0v) is 17.2. The minimum atomic E-state index is -0.566. The summed E-state index contributed by atoms with van der Waals surface area (Å²) in [4.78, 5) is 25.2. The maximum Gasteiger partial charge on any atom is 0.251 e. The fourth-order valence-electron chi connectivity index (χ4n) is 3.37. The van der Waals surface area contributed by atoms with Crippen molar-refractivity contribution in [1.82, 2.24) is 16.0 Å². The SMILES string of the molecule is COCC1(CNC(=O)C(NC(=O)c2ccccc2)C(C)C)CCNCC1.Cl. The Labute approximate surface area is 168 Å². The smallest absolute Gasteiger partial charge is 0.251 e. The third kappa shape index (κ3) is 6.79. The predicted octanol–water partition coefficient (Wildman–Crippen LogP) is 2.00. The van der Waals surface area contributed by atoms with Crippen LogP contribution in [-0.2, 0) is 9.53 Å². The lowest BCUT2D eigenvalue weighted by atomic mass is 9.79. The quantitative estimate of drug-likeness (QED) is 0.626. The maximum absolute atomic E-state index is 12.8. The van der Waals surface area contributed by atoms with E-state index in [1.165, 1.54) is 0 Å². The van der Waals surface area contributed by atoms with E-state index < -0.39 is 6.04 Å². The molecule has 0 aromatic heterocycles. The van der Waals surface area contributed by atoms with Crippen molar-refractivity contribution in [2.24, 2.45) is 11.3 Å². The molecule has 0 radical (unpaired) electrons. The molecule has 3 N–H and O–H groups in total. The van der Waals surface area contributed by atoms with Gasteiger partial charge in [-0.1, -0.05) is 32.0 Å². The number of methoxy groups -OCH3 is 1. The Morgan fingerprint density at radius 2 is 1.81 bits per heavy atom. The zero-order valence-electron chi connectivity index (χ0n) is 16.4. The number of nitrogens with one attached hydrogen (secondary N) is 3. The van der Waals surface area contributed by atoms with Gasteiger partial charge in [0.25, 0.3) is 5.91 Å². The van der Waals surface area contributed by atoms with E-state index in [2.05, 4.69) is 16.0 Å². The van der Waals surface area contributed by atoms with Gasteiger partial charge in [0.05, 0.1) is 6.61 Å². The van der Waals surface area contributed by atoms with Crippen molar-refractivity contribution in [3.8, 4) is 0 Å². The number of halogens is 1. The van der Waals surface area contributed by atoms with Crippen LogP contribution in [0, 0.1) is 11.3 Å². The van der Waals surface area contributed by atoms with E-state index >= 15 is 0 Å². The highest BCUT2D eigenvalue weighted by molar-refractivity contribution is 5.97. The summed E-state index contributed by atoms with van der Waals surface area (Å²) >= 11 is 0. The van der Waals surface area contributed by atoms with Crippen LogP contribution >= 0.6 is 12.4 Å². The zero-order chi connectivity index (χ0) is 19.0. The molecule has 1 aliphatic rings. The first-order valence-corrected chi connectivity index (χ1v) is 9.31. The Morgan fingerprint density at radius 3 is 2.37 bits per heavy atom. The molecular weight excluding hydrogens is 366 g/mol. The lowest BCUT2D eigenvalue weighted by Crippen LogP contribution is -2.53. The Balaban J connectivity index is 0.00000364. The van der Waals surface area contributed by atoms with Crippen LogP contribution in [0.25, 0.3) is 0 Å². The van der Waals surface area contributed by atoms with E-state index in [9.17, 15) is 9.59 Å². The van der Waals surface area contributed by atoms with Crippen molar-refractivity contribution in [2.45, 2.75) is 32.7 Å². The number of piperidine rings is 1. The van der Waals surface area contributed by atoms with Crippen LogP contribution in [0.2, 0.25) is 0 Å². The number of benzene rings is 1. The van der Waals surface area contributed by atoms with Crippen LogP contribution in [0.3, 0.4) is 0 Å². The van der Waals surface area contributed by atoms with Crippen LogP contribution in [-0.4, -0.2) is 51.2 Å². The Morgan fingerprint density at radius 1 is 1.19 bits per heavy atom. The Hall–Kier alpha value is -1.63. The minimum absolute atomic E-state index is 0. The van der Waals surface area contributed by atoms with Crippen molar-refractivity contribution in [1.29, 1.82) is 0 Å². The summed E-state index contributed by atoms with van der Waals surface area (Å²) in [5, 5.41) is 9.27. The van der Waals surface area contributed by atoms with E-state index in [0.29, 0.717) is 18.7 Å². The second kappa shape index (κ2) is 11.3. The van der Waals surface area contributed by atoms with Gasteiger partial charge in [-0.15, -0.1) is 12.4 Å². The topological polar surface area (TPSA) is 79.5 Å². The van der Waals surface area contributed by atoms with Crippen molar-refractivity contribution in [3.05, 3.63) is 35.9 Å². The largest absolute Gasteiger partial charge is 0.384 e. The number of hydrogen-bond acceptors (Lipinski definition) is 4. The fraction of sp³-hybridized carbons (Fsp3) is 0.600. The van der Waals surface area contributed by atoms with Crippen LogP contribution in [0.1, 0.15) is 37.0 Å². The van der Waals surface area contributed by atoms with Crippen molar-refractivity contribution >= 4 is 24.2 Å². The molecule has 2 rings (SSSR count). The number of carbonyl (C=O) groups excluding carboxylic acids is 2. The lowest BCUT2D eigenvalue weighted by molar-refractivity contribution is -0.124. The molecule has 6 nitrogen and oxygen atoms in total. The van der Waals surface area contributed by atoms with Gasteiger partial charge in [0.15, 0.2) is 0 Å². The highest BCUT2D eigenvalue weighted by Gasteiger charge is 2.34. The number of amides is 2. The van der Waals surface area contributed by atoms with Crippen molar-refractivity contribution < 1.29 is 14.3 Å². The summed E-state index contributed by atoms with van der Waals surface area (Å²) in [6, 6.07) is 8.40. The second-order valence-corrected chi connectivity index (χ2v) is 7.46. The van der Waals surface area contributed by atoms with Gasteiger partial charge in [-0.05, 0) is 44.0 Å². The molecule has 1 unspecified atom stereocenters. The molecule has 1 atom stereocenters. The summed E-state index contributed by atoms with van der Waals surface area (Å²) in [6.45, 7) is 6.91. The lowest BCUT2D eigenvalue weighted by Gasteiger charge is -2.37. The molecule has 0 aliphatic carbocycles. The third-order valence-corrected chi connectivity index (χ3v) is 5.02. The summed E-state index contributed by atoms with van der Waals surface area (Å²) in [5.74, 6) is -0.375. The summed E-state index contributed by atoms with van der Waals surface area (Å²) in [6.07, 6.45) is 1.92. The van der Waals surface area contributed by atoms with Gasteiger partial charge in [0, 0.05) is 24.6 Å². The van der Waals surface area contributed by atoms with Gasteiger partial charge in [-0.3, -0.25) is 9.59 Å². The molecular formula is C20H32ClN3O3. The first-order chi connectivity index (χ1) is 12.5. The maximum atomic E-state index is 12.8. The number of hydrogen-bond donors (Lipinski definition) is 3. The van der Waals surface area contributed by atoms with Crippen LogP contribution < -0.4 is 16.0 Å². The van der Waals surface area contributed by atoms with E-state index in [1.807, 2.05) is 32.0 Å². The molecule has 0 saturated carbocycles. The highest BCUT2D eigenvalue weighted by atomic mass is 35.5. The number of rotatable bonds is 8. The van der Waals surface area contributed by atoms with E-state index in [4.69, 9.17) is 4.74 Å². The molecule has 1 heterocycles. The van der Waals surface area contributed by atoms with E-state index in [0.717, 1.165) is 25.9 Å². The second-order valence-electron chi connectivity index (χ2n) is 7.46. The Bertz CT molecular complexity index is 584. The number of carbonyl (C=O) groups is 2. The first-order valence-electron chi connectivity index (χ1n) is 9.31. The average molecular weight is 398 g/mol. The normalized spacial score (nSPS) is 16.9. The predicted molar refractivity (Wildman–Crippen MR) is 109 cm³/mol. The average Bonchev–Trinajstić information content (AvgIpc) is 2.65. The molecule has 0 bridgehead atoms. The van der Waals surface area contributed by atoms with Crippen molar-refractivity contribution in [3.63, 3.8) is 0 Å². The third-order valence-electron chi connectivity index (χ3n) is 5.02. The van der Waals surface area contributed by atoms with Gasteiger partial charge in [-0.2, -0.15) is 0 Å². The van der Waals surface area contributed by atoms with Crippen LogP contribution in [0.4, 0.5) is 0 Å². The van der Waals surface area contributed by atoms with Gasteiger partial charge in [0.2, 0.25) is 5.91 Å². The first kappa shape index (κ1) is 23.4. The van der Waals surface area contributed by atoms with Gasteiger partial charge in [0.1, 0.15) is 6.04 Å².